The highest BCUT2D eigenvalue weighted by atomic mass is 32.2. The van der Waals surface area contributed by atoms with E-state index in [2.05, 4.69) is 40.4 Å². The standard InChI is InChI=1S/C19H21N5O2S3/c1-11-4-5-12(2)14(8-11)24-7-6-21-19(24)28-10-16(26)23-18-22-13(3)17(29-18)27-9-15(20)25/h4-8H,9-10H2,1-3H3,(H2,20,25)(H,22,23,26). The average Bonchev–Trinajstić information content (AvgIpc) is 3.26. The molecule has 0 bridgehead atoms. The summed E-state index contributed by atoms with van der Waals surface area (Å²) in [4.78, 5) is 32.1. The van der Waals surface area contributed by atoms with Crippen LogP contribution in [0.25, 0.3) is 5.69 Å². The third-order valence-corrected chi connectivity index (χ3v) is 7.33. The van der Waals surface area contributed by atoms with E-state index in [0.29, 0.717) is 5.13 Å². The number of primary amides is 1. The number of nitrogens with two attached hydrogens (primary N) is 1. The largest absolute Gasteiger partial charge is 0.369 e. The fourth-order valence-electron chi connectivity index (χ4n) is 2.55. The first-order valence-electron chi connectivity index (χ1n) is 8.75. The normalized spacial score (nSPS) is 10.9. The Morgan fingerprint density at radius 3 is 2.76 bits per heavy atom. The maximum Gasteiger partial charge on any atom is 0.236 e. The number of benzene rings is 1. The van der Waals surface area contributed by atoms with Crippen molar-refractivity contribution in [2.75, 3.05) is 16.8 Å². The second-order valence-corrected chi connectivity index (χ2v) is 9.54. The highest BCUT2D eigenvalue weighted by Gasteiger charge is 2.14. The lowest BCUT2D eigenvalue weighted by Crippen LogP contribution is -2.14. The summed E-state index contributed by atoms with van der Waals surface area (Å²) in [6, 6.07) is 6.25. The molecule has 0 atom stereocenters. The highest BCUT2D eigenvalue weighted by molar-refractivity contribution is 8.01. The molecule has 3 N–H and O–H groups in total. The molecule has 0 fully saturated rings. The first-order chi connectivity index (χ1) is 13.8. The number of nitrogens with zero attached hydrogens (tertiary/aromatic N) is 3. The van der Waals surface area contributed by atoms with Crippen LogP contribution in [0.3, 0.4) is 0 Å². The van der Waals surface area contributed by atoms with Gasteiger partial charge in [0.25, 0.3) is 0 Å². The van der Waals surface area contributed by atoms with Crippen molar-refractivity contribution in [2.45, 2.75) is 30.1 Å². The number of amides is 2. The molecule has 2 heterocycles. The van der Waals surface area contributed by atoms with Gasteiger partial charge in [0.1, 0.15) is 0 Å². The predicted octanol–water partition coefficient (Wildman–Crippen LogP) is 3.56. The number of rotatable bonds is 8. The molecule has 3 rings (SSSR count). The molecule has 152 valence electrons. The molecular weight excluding hydrogens is 426 g/mol. The van der Waals surface area contributed by atoms with Crippen LogP contribution < -0.4 is 11.1 Å². The lowest BCUT2D eigenvalue weighted by molar-refractivity contribution is -0.115. The number of hydrogen-bond acceptors (Lipinski definition) is 7. The SMILES string of the molecule is Cc1ccc(C)c(-n2ccnc2SCC(=O)Nc2nc(C)c(SCC(N)=O)s2)c1. The summed E-state index contributed by atoms with van der Waals surface area (Å²) in [5.74, 6) is -0.146. The molecule has 0 spiro atoms. The van der Waals surface area contributed by atoms with Gasteiger partial charge in [0.2, 0.25) is 11.8 Å². The number of carbonyl (C=O) groups is 2. The second kappa shape index (κ2) is 9.47. The van der Waals surface area contributed by atoms with Gasteiger partial charge in [0, 0.05) is 12.4 Å². The quantitative estimate of drug-likeness (QED) is 0.512. The maximum absolute atomic E-state index is 12.4. The molecule has 0 radical (unpaired) electrons. The molecule has 2 amide bonds. The number of aromatic nitrogens is 3. The lowest BCUT2D eigenvalue weighted by Gasteiger charge is -2.11. The van der Waals surface area contributed by atoms with Gasteiger partial charge in [-0.05, 0) is 38.0 Å². The molecule has 3 aromatic rings. The van der Waals surface area contributed by atoms with Crippen molar-refractivity contribution in [1.29, 1.82) is 0 Å². The topological polar surface area (TPSA) is 103 Å². The van der Waals surface area contributed by atoms with Gasteiger partial charge >= 0.3 is 0 Å². The molecule has 10 heteroatoms. The van der Waals surface area contributed by atoms with Crippen molar-refractivity contribution in [1.82, 2.24) is 14.5 Å². The summed E-state index contributed by atoms with van der Waals surface area (Å²) in [6.45, 7) is 5.94. The zero-order valence-electron chi connectivity index (χ0n) is 16.3. The average molecular weight is 448 g/mol. The molecule has 2 aromatic heterocycles. The zero-order valence-corrected chi connectivity index (χ0v) is 18.7. The van der Waals surface area contributed by atoms with E-state index in [4.69, 9.17) is 5.73 Å². The number of hydrogen-bond donors (Lipinski definition) is 2. The Labute approximate surface area is 181 Å². The highest BCUT2D eigenvalue weighted by Crippen LogP contribution is 2.32. The van der Waals surface area contributed by atoms with E-state index in [1.807, 2.05) is 24.6 Å². The minimum absolute atomic E-state index is 0.161. The molecule has 0 aliphatic carbocycles. The minimum Gasteiger partial charge on any atom is -0.369 e. The summed E-state index contributed by atoms with van der Waals surface area (Å²) in [7, 11) is 0. The molecule has 7 nitrogen and oxygen atoms in total. The van der Waals surface area contributed by atoms with Gasteiger partial charge in [-0.2, -0.15) is 0 Å². The van der Waals surface area contributed by atoms with E-state index in [0.717, 1.165) is 31.9 Å². The van der Waals surface area contributed by atoms with Gasteiger partial charge < -0.3 is 11.1 Å². The maximum atomic E-state index is 12.4. The smallest absolute Gasteiger partial charge is 0.236 e. The Bertz CT molecular complexity index is 1040. The number of thioether (sulfide) groups is 2. The van der Waals surface area contributed by atoms with Crippen LogP contribution in [0.5, 0.6) is 0 Å². The molecule has 0 aliphatic rings. The summed E-state index contributed by atoms with van der Waals surface area (Å²) in [5, 5.41) is 4.08. The van der Waals surface area contributed by atoms with Crippen molar-refractivity contribution in [3.8, 4) is 5.69 Å². The third-order valence-electron chi connectivity index (χ3n) is 3.91. The van der Waals surface area contributed by atoms with Crippen molar-refractivity contribution in [3.05, 3.63) is 47.4 Å². The van der Waals surface area contributed by atoms with Crippen molar-refractivity contribution < 1.29 is 9.59 Å². The third kappa shape index (κ3) is 5.62. The molecular formula is C19H21N5O2S3. The van der Waals surface area contributed by atoms with Crippen LogP contribution >= 0.6 is 34.9 Å². The van der Waals surface area contributed by atoms with E-state index >= 15 is 0 Å². The van der Waals surface area contributed by atoms with Gasteiger partial charge in [-0.1, -0.05) is 35.2 Å². The van der Waals surface area contributed by atoms with E-state index < -0.39 is 0 Å². The second-order valence-electron chi connectivity index (χ2n) is 6.35. The molecule has 1 aromatic carbocycles. The van der Waals surface area contributed by atoms with Crippen LogP contribution in [-0.4, -0.2) is 37.9 Å². The van der Waals surface area contributed by atoms with E-state index in [9.17, 15) is 9.59 Å². The summed E-state index contributed by atoms with van der Waals surface area (Å²) >= 11 is 4.03. The van der Waals surface area contributed by atoms with Crippen LogP contribution in [0.2, 0.25) is 0 Å². The molecule has 0 aliphatic heterocycles. The summed E-state index contributed by atoms with van der Waals surface area (Å²) in [5.41, 5.74) is 9.31. The van der Waals surface area contributed by atoms with Crippen LogP contribution in [0, 0.1) is 20.8 Å². The Morgan fingerprint density at radius 1 is 1.21 bits per heavy atom. The van der Waals surface area contributed by atoms with Crippen LogP contribution in [0.4, 0.5) is 5.13 Å². The van der Waals surface area contributed by atoms with E-state index in [1.165, 1.54) is 34.9 Å². The Balaban J connectivity index is 1.62. The number of anilines is 1. The van der Waals surface area contributed by atoms with Gasteiger partial charge in [-0.15, -0.1) is 11.8 Å². The van der Waals surface area contributed by atoms with E-state index in [-0.39, 0.29) is 23.3 Å². The van der Waals surface area contributed by atoms with E-state index in [1.54, 1.807) is 6.20 Å². The Hall–Kier alpha value is -2.30. The molecule has 0 unspecified atom stereocenters. The van der Waals surface area contributed by atoms with Gasteiger partial charge in [0.15, 0.2) is 10.3 Å². The monoisotopic (exact) mass is 447 g/mol. The first kappa shape index (κ1) is 21.4. The fourth-order valence-corrected chi connectivity index (χ4v) is 5.21. The Kier molecular flexibility index (Phi) is 6.99. The van der Waals surface area contributed by atoms with Gasteiger partial charge in [-0.25, -0.2) is 9.97 Å². The van der Waals surface area contributed by atoms with Crippen molar-refractivity contribution >= 4 is 51.8 Å². The van der Waals surface area contributed by atoms with Gasteiger partial charge in [-0.3, -0.25) is 14.2 Å². The summed E-state index contributed by atoms with van der Waals surface area (Å²) in [6.07, 6.45) is 3.63. The minimum atomic E-state index is -0.385. The molecule has 0 saturated heterocycles. The number of nitrogens with one attached hydrogen (secondary N) is 1. The summed E-state index contributed by atoms with van der Waals surface area (Å²) < 4.78 is 2.86. The number of carbonyl (C=O) groups excluding carboxylic acids is 2. The number of thiazole rings is 1. The number of imidazole rings is 1. The van der Waals surface area contributed by atoms with Crippen molar-refractivity contribution in [2.24, 2.45) is 5.73 Å². The predicted molar refractivity (Wildman–Crippen MR) is 119 cm³/mol. The first-order valence-corrected chi connectivity index (χ1v) is 11.5. The van der Waals surface area contributed by atoms with Crippen LogP contribution in [0.15, 0.2) is 40.0 Å². The van der Waals surface area contributed by atoms with Crippen molar-refractivity contribution in [3.63, 3.8) is 0 Å². The number of aryl methyl sites for hydroxylation is 3. The van der Waals surface area contributed by atoms with Crippen LogP contribution in [-0.2, 0) is 9.59 Å². The fraction of sp³-hybridized carbons (Fsp3) is 0.263. The molecule has 0 saturated carbocycles. The lowest BCUT2D eigenvalue weighted by atomic mass is 10.1. The van der Waals surface area contributed by atoms with Crippen LogP contribution in [0.1, 0.15) is 16.8 Å². The Morgan fingerprint density at radius 2 is 2.00 bits per heavy atom. The van der Waals surface area contributed by atoms with Gasteiger partial charge in [0.05, 0.1) is 27.1 Å². The zero-order chi connectivity index (χ0) is 21.0. The molecule has 29 heavy (non-hydrogen) atoms.